The molecule has 2 N–H and O–H groups in total. The van der Waals surface area contributed by atoms with Crippen molar-refractivity contribution in [2.24, 2.45) is 5.92 Å². The van der Waals surface area contributed by atoms with Crippen molar-refractivity contribution in [2.45, 2.75) is 19.8 Å². The molecule has 1 fully saturated rings. The quantitative estimate of drug-likeness (QED) is 0.777. The van der Waals surface area contributed by atoms with Crippen LogP contribution in [-0.4, -0.2) is 39.8 Å². The van der Waals surface area contributed by atoms with E-state index in [2.05, 4.69) is 33.1 Å². The molecule has 4 rings (SSSR count). The first-order valence-corrected chi connectivity index (χ1v) is 8.53. The third-order valence-electron chi connectivity index (χ3n) is 4.73. The van der Waals surface area contributed by atoms with Gasteiger partial charge in [0, 0.05) is 25.4 Å². The average Bonchev–Trinajstić information content (AvgIpc) is 3.05. The number of fused-ring (bicyclic) bond motifs is 1. The summed E-state index contributed by atoms with van der Waals surface area (Å²) in [6.45, 7) is 4.00. The van der Waals surface area contributed by atoms with E-state index in [1.54, 1.807) is 0 Å². The SMILES string of the molecule is Cc1nc(N2CCCC(CO)C2)c2[nH]c(-c3ccccc3)cc2n1. The van der Waals surface area contributed by atoms with Crippen LogP contribution in [0.2, 0.25) is 0 Å². The Morgan fingerprint density at radius 2 is 2.08 bits per heavy atom. The molecule has 5 nitrogen and oxygen atoms in total. The lowest BCUT2D eigenvalue weighted by Crippen LogP contribution is -2.37. The van der Waals surface area contributed by atoms with Crippen LogP contribution in [-0.2, 0) is 0 Å². The Hall–Kier alpha value is -2.40. The Bertz CT molecular complexity index is 843. The number of hydrogen-bond donors (Lipinski definition) is 2. The van der Waals surface area contributed by atoms with Crippen LogP contribution < -0.4 is 4.90 Å². The monoisotopic (exact) mass is 322 g/mol. The lowest BCUT2D eigenvalue weighted by Gasteiger charge is -2.33. The first kappa shape index (κ1) is 15.1. The Morgan fingerprint density at radius 1 is 1.25 bits per heavy atom. The number of aryl methyl sites for hydroxylation is 1. The number of nitrogens with one attached hydrogen (secondary N) is 1. The minimum absolute atomic E-state index is 0.240. The Labute approximate surface area is 141 Å². The lowest BCUT2D eigenvalue weighted by atomic mass is 9.99. The highest BCUT2D eigenvalue weighted by Gasteiger charge is 2.23. The van der Waals surface area contributed by atoms with Gasteiger partial charge in [0.2, 0.25) is 0 Å². The zero-order valence-corrected chi connectivity index (χ0v) is 13.9. The highest BCUT2D eigenvalue weighted by molar-refractivity contribution is 5.90. The number of aromatic nitrogens is 3. The first-order valence-electron chi connectivity index (χ1n) is 8.53. The number of anilines is 1. The molecule has 1 aliphatic heterocycles. The molecular weight excluding hydrogens is 300 g/mol. The number of aliphatic hydroxyl groups is 1. The number of piperidine rings is 1. The van der Waals surface area contributed by atoms with Gasteiger partial charge in [-0.2, -0.15) is 0 Å². The molecule has 0 radical (unpaired) electrons. The maximum absolute atomic E-state index is 9.51. The minimum Gasteiger partial charge on any atom is -0.396 e. The molecule has 0 bridgehead atoms. The van der Waals surface area contributed by atoms with E-state index in [1.165, 1.54) is 0 Å². The standard InChI is InChI=1S/C19H22N4O/c1-13-20-17-10-16(15-7-3-2-4-8-15)22-18(17)19(21-13)23-9-5-6-14(11-23)12-24/h2-4,7-8,10,14,22,24H,5-6,9,11-12H2,1H3. The van der Waals surface area contributed by atoms with E-state index in [-0.39, 0.29) is 6.61 Å². The van der Waals surface area contributed by atoms with E-state index in [0.29, 0.717) is 5.92 Å². The summed E-state index contributed by atoms with van der Waals surface area (Å²) in [5.41, 5.74) is 4.13. The van der Waals surface area contributed by atoms with E-state index in [4.69, 9.17) is 4.98 Å². The van der Waals surface area contributed by atoms with Gasteiger partial charge in [0.05, 0.1) is 5.52 Å². The van der Waals surface area contributed by atoms with Crippen LogP contribution in [0, 0.1) is 12.8 Å². The lowest BCUT2D eigenvalue weighted by molar-refractivity contribution is 0.208. The summed E-state index contributed by atoms with van der Waals surface area (Å²) in [7, 11) is 0. The molecule has 0 aliphatic carbocycles. The van der Waals surface area contributed by atoms with Gasteiger partial charge in [0.15, 0.2) is 5.82 Å². The molecule has 3 heterocycles. The summed E-state index contributed by atoms with van der Waals surface area (Å²) in [5, 5.41) is 9.51. The summed E-state index contributed by atoms with van der Waals surface area (Å²) in [6.07, 6.45) is 2.17. The molecule has 124 valence electrons. The highest BCUT2D eigenvalue weighted by atomic mass is 16.3. The zero-order chi connectivity index (χ0) is 16.5. The molecule has 0 saturated carbocycles. The van der Waals surface area contributed by atoms with E-state index in [0.717, 1.165) is 59.9 Å². The van der Waals surface area contributed by atoms with Crippen molar-refractivity contribution in [3.63, 3.8) is 0 Å². The number of aromatic amines is 1. The van der Waals surface area contributed by atoms with Crippen LogP contribution in [0.4, 0.5) is 5.82 Å². The van der Waals surface area contributed by atoms with Crippen LogP contribution in [0.5, 0.6) is 0 Å². The summed E-state index contributed by atoms with van der Waals surface area (Å²) < 4.78 is 0. The van der Waals surface area contributed by atoms with Crippen molar-refractivity contribution in [3.05, 3.63) is 42.2 Å². The number of H-pyrrole nitrogens is 1. The van der Waals surface area contributed by atoms with Gasteiger partial charge in [-0.05, 0) is 37.3 Å². The third kappa shape index (κ3) is 2.76. The molecule has 5 heteroatoms. The Balaban J connectivity index is 1.79. The highest BCUT2D eigenvalue weighted by Crippen LogP contribution is 2.30. The van der Waals surface area contributed by atoms with Crippen LogP contribution >= 0.6 is 0 Å². The third-order valence-corrected chi connectivity index (χ3v) is 4.73. The minimum atomic E-state index is 0.240. The first-order chi connectivity index (χ1) is 11.7. The molecule has 3 aromatic rings. The van der Waals surface area contributed by atoms with Crippen LogP contribution in [0.1, 0.15) is 18.7 Å². The maximum atomic E-state index is 9.51. The van der Waals surface area contributed by atoms with Gasteiger partial charge in [-0.25, -0.2) is 9.97 Å². The predicted octanol–water partition coefficient (Wildman–Crippen LogP) is 3.14. The average molecular weight is 322 g/mol. The molecule has 1 saturated heterocycles. The van der Waals surface area contributed by atoms with Crippen LogP contribution in [0.25, 0.3) is 22.3 Å². The van der Waals surface area contributed by atoms with Crippen LogP contribution in [0.15, 0.2) is 36.4 Å². The van der Waals surface area contributed by atoms with Crippen molar-refractivity contribution >= 4 is 16.9 Å². The molecule has 0 spiro atoms. The van der Waals surface area contributed by atoms with Gasteiger partial charge in [-0.3, -0.25) is 0 Å². The van der Waals surface area contributed by atoms with Gasteiger partial charge < -0.3 is 15.0 Å². The summed E-state index contributed by atoms with van der Waals surface area (Å²) in [6, 6.07) is 12.4. The van der Waals surface area contributed by atoms with Gasteiger partial charge >= 0.3 is 0 Å². The molecule has 1 aliphatic rings. The van der Waals surface area contributed by atoms with Crippen molar-refractivity contribution in [1.29, 1.82) is 0 Å². The van der Waals surface area contributed by atoms with Crippen molar-refractivity contribution in [2.75, 3.05) is 24.6 Å². The molecule has 1 aromatic carbocycles. The fraction of sp³-hybridized carbons (Fsp3) is 0.368. The Kier molecular flexibility index (Phi) is 3.94. The second-order valence-corrected chi connectivity index (χ2v) is 6.54. The van der Waals surface area contributed by atoms with Gasteiger partial charge in [0.25, 0.3) is 0 Å². The second-order valence-electron chi connectivity index (χ2n) is 6.54. The summed E-state index contributed by atoms with van der Waals surface area (Å²) in [5.74, 6) is 2.06. The largest absolute Gasteiger partial charge is 0.396 e. The second kappa shape index (κ2) is 6.24. The van der Waals surface area contributed by atoms with Crippen molar-refractivity contribution in [1.82, 2.24) is 15.0 Å². The number of hydrogen-bond acceptors (Lipinski definition) is 4. The molecular formula is C19H22N4O. The fourth-order valence-electron chi connectivity index (χ4n) is 3.52. The number of nitrogens with zero attached hydrogens (tertiary/aromatic N) is 3. The number of rotatable bonds is 3. The molecule has 24 heavy (non-hydrogen) atoms. The maximum Gasteiger partial charge on any atom is 0.156 e. The normalized spacial score (nSPS) is 18.2. The Morgan fingerprint density at radius 3 is 2.88 bits per heavy atom. The zero-order valence-electron chi connectivity index (χ0n) is 13.9. The molecule has 2 aromatic heterocycles. The predicted molar refractivity (Wildman–Crippen MR) is 96.1 cm³/mol. The van der Waals surface area contributed by atoms with E-state index in [9.17, 15) is 5.11 Å². The topological polar surface area (TPSA) is 65.0 Å². The van der Waals surface area contributed by atoms with Crippen molar-refractivity contribution in [3.8, 4) is 11.3 Å². The smallest absolute Gasteiger partial charge is 0.156 e. The van der Waals surface area contributed by atoms with E-state index in [1.807, 2.05) is 25.1 Å². The molecule has 0 amide bonds. The number of benzene rings is 1. The number of aliphatic hydroxyl groups excluding tert-OH is 1. The van der Waals surface area contributed by atoms with E-state index < -0.39 is 0 Å². The van der Waals surface area contributed by atoms with Gasteiger partial charge in [-0.1, -0.05) is 30.3 Å². The van der Waals surface area contributed by atoms with Gasteiger partial charge in [0.1, 0.15) is 11.3 Å². The van der Waals surface area contributed by atoms with Gasteiger partial charge in [-0.15, -0.1) is 0 Å². The summed E-state index contributed by atoms with van der Waals surface area (Å²) >= 11 is 0. The fourth-order valence-corrected chi connectivity index (χ4v) is 3.52. The summed E-state index contributed by atoms with van der Waals surface area (Å²) in [4.78, 5) is 15.1. The van der Waals surface area contributed by atoms with Crippen LogP contribution in [0.3, 0.4) is 0 Å². The molecule has 1 atom stereocenters. The molecule has 1 unspecified atom stereocenters. The van der Waals surface area contributed by atoms with E-state index >= 15 is 0 Å². The van der Waals surface area contributed by atoms with Crippen molar-refractivity contribution < 1.29 is 5.11 Å².